The largest absolute Gasteiger partial charge is 0.356 e. The summed E-state index contributed by atoms with van der Waals surface area (Å²) in [5.74, 6) is 0.298. The van der Waals surface area contributed by atoms with Gasteiger partial charge in [-0.25, -0.2) is 0 Å². The van der Waals surface area contributed by atoms with E-state index in [-0.39, 0.29) is 11.8 Å². The van der Waals surface area contributed by atoms with Gasteiger partial charge < -0.3 is 10.2 Å². The van der Waals surface area contributed by atoms with E-state index in [0.717, 1.165) is 70.5 Å². The lowest BCUT2D eigenvalue weighted by atomic mass is 10.2. The first kappa shape index (κ1) is 19.4. The lowest BCUT2D eigenvalue weighted by Crippen LogP contribution is -2.49. The third-order valence-corrected chi connectivity index (χ3v) is 4.66. The summed E-state index contributed by atoms with van der Waals surface area (Å²) in [6.07, 6.45) is 4.87. The van der Waals surface area contributed by atoms with Crippen molar-refractivity contribution >= 4 is 11.8 Å². The quantitative estimate of drug-likeness (QED) is 0.700. The smallest absolute Gasteiger partial charge is 0.253 e. The number of rotatable bonds is 9. The normalized spacial score (nSPS) is 15.2. The number of hydrogen-bond acceptors (Lipinski definition) is 3. The molecule has 0 radical (unpaired) electrons. The van der Waals surface area contributed by atoms with Crippen LogP contribution in [0.1, 0.15) is 49.4 Å². The predicted octanol–water partition coefficient (Wildman–Crippen LogP) is 2.53. The molecule has 138 valence electrons. The molecule has 1 aromatic carbocycles. The Morgan fingerprint density at radius 1 is 1.00 bits per heavy atom. The fourth-order valence-corrected chi connectivity index (χ4v) is 3.09. The Bertz CT molecular complexity index is 525. The van der Waals surface area contributed by atoms with Gasteiger partial charge in [0.2, 0.25) is 5.91 Å². The standard InChI is InChI=1S/C20H31N3O2/c1-2-3-5-11-19(24)21-12-8-13-22-14-16-23(17-15-22)20(25)18-9-6-4-7-10-18/h4,6-7,9-10H,2-3,5,8,11-17H2,1H3,(H,21,24). The molecule has 0 spiro atoms. The van der Waals surface area contributed by atoms with Gasteiger partial charge in [-0.15, -0.1) is 0 Å². The number of carbonyl (C=O) groups is 2. The van der Waals surface area contributed by atoms with Crippen LogP contribution in [0.15, 0.2) is 30.3 Å². The number of piperazine rings is 1. The van der Waals surface area contributed by atoms with Gasteiger partial charge in [-0.2, -0.15) is 0 Å². The van der Waals surface area contributed by atoms with Crippen LogP contribution >= 0.6 is 0 Å². The number of carbonyl (C=O) groups excluding carboxylic acids is 2. The van der Waals surface area contributed by atoms with E-state index >= 15 is 0 Å². The molecule has 1 aliphatic rings. The van der Waals surface area contributed by atoms with Gasteiger partial charge in [0, 0.05) is 44.7 Å². The Morgan fingerprint density at radius 3 is 2.40 bits per heavy atom. The minimum atomic E-state index is 0.125. The van der Waals surface area contributed by atoms with Gasteiger partial charge in [0.15, 0.2) is 0 Å². The maximum absolute atomic E-state index is 12.4. The summed E-state index contributed by atoms with van der Waals surface area (Å²) in [5, 5.41) is 3.00. The van der Waals surface area contributed by atoms with Crippen LogP contribution in [0.5, 0.6) is 0 Å². The summed E-state index contributed by atoms with van der Waals surface area (Å²) in [4.78, 5) is 28.4. The van der Waals surface area contributed by atoms with Gasteiger partial charge >= 0.3 is 0 Å². The summed E-state index contributed by atoms with van der Waals surface area (Å²) in [6, 6.07) is 9.48. The highest BCUT2D eigenvalue weighted by molar-refractivity contribution is 5.94. The van der Waals surface area contributed by atoms with Crippen molar-refractivity contribution in [3.8, 4) is 0 Å². The third kappa shape index (κ3) is 6.86. The third-order valence-electron chi connectivity index (χ3n) is 4.66. The summed E-state index contributed by atoms with van der Waals surface area (Å²) in [7, 11) is 0. The van der Waals surface area contributed by atoms with Crippen LogP contribution in [0, 0.1) is 0 Å². The first-order chi connectivity index (χ1) is 12.2. The van der Waals surface area contributed by atoms with E-state index in [9.17, 15) is 9.59 Å². The Hall–Kier alpha value is -1.88. The van der Waals surface area contributed by atoms with Crippen molar-refractivity contribution in [1.82, 2.24) is 15.1 Å². The molecule has 1 N–H and O–H groups in total. The van der Waals surface area contributed by atoms with Crippen LogP contribution in [-0.4, -0.2) is 60.9 Å². The Kier molecular flexibility index (Phi) is 8.46. The first-order valence-corrected chi connectivity index (χ1v) is 9.54. The predicted molar refractivity (Wildman–Crippen MR) is 101 cm³/mol. The van der Waals surface area contributed by atoms with Crippen LogP contribution in [0.25, 0.3) is 0 Å². The molecule has 5 heteroatoms. The van der Waals surface area contributed by atoms with Crippen LogP contribution in [0.3, 0.4) is 0 Å². The van der Waals surface area contributed by atoms with E-state index in [4.69, 9.17) is 0 Å². The van der Waals surface area contributed by atoms with Gasteiger partial charge in [0.05, 0.1) is 0 Å². The van der Waals surface area contributed by atoms with E-state index in [1.54, 1.807) is 0 Å². The topological polar surface area (TPSA) is 52.7 Å². The van der Waals surface area contributed by atoms with Gasteiger partial charge in [-0.3, -0.25) is 14.5 Å². The second-order valence-electron chi connectivity index (χ2n) is 6.66. The summed E-state index contributed by atoms with van der Waals surface area (Å²) >= 11 is 0. The van der Waals surface area contributed by atoms with Crippen LogP contribution in [0.2, 0.25) is 0 Å². The van der Waals surface area contributed by atoms with E-state index < -0.39 is 0 Å². The molecular formula is C20H31N3O2. The molecule has 2 rings (SSSR count). The fourth-order valence-electron chi connectivity index (χ4n) is 3.09. The number of nitrogens with one attached hydrogen (secondary N) is 1. The van der Waals surface area contributed by atoms with E-state index in [1.165, 1.54) is 0 Å². The molecule has 25 heavy (non-hydrogen) atoms. The molecule has 0 unspecified atom stereocenters. The molecule has 1 saturated heterocycles. The van der Waals surface area contributed by atoms with E-state index in [0.29, 0.717) is 6.42 Å². The molecule has 1 heterocycles. The summed E-state index contributed by atoms with van der Waals surface area (Å²) in [6.45, 7) is 7.22. The monoisotopic (exact) mass is 345 g/mol. The van der Waals surface area contributed by atoms with Crippen LogP contribution < -0.4 is 5.32 Å². The zero-order valence-corrected chi connectivity index (χ0v) is 15.4. The van der Waals surface area contributed by atoms with Crippen LogP contribution in [-0.2, 0) is 4.79 Å². The molecule has 0 aliphatic carbocycles. The Balaban J connectivity index is 1.58. The number of benzene rings is 1. The van der Waals surface area contributed by atoms with Crippen molar-refractivity contribution in [2.45, 2.75) is 39.0 Å². The molecule has 5 nitrogen and oxygen atoms in total. The molecule has 1 fully saturated rings. The molecule has 0 atom stereocenters. The summed E-state index contributed by atoms with van der Waals surface area (Å²) < 4.78 is 0. The van der Waals surface area contributed by atoms with Gasteiger partial charge in [0.25, 0.3) is 5.91 Å². The van der Waals surface area contributed by atoms with Gasteiger partial charge in [0.1, 0.15) is 0 Å². The zero-order chi connectivity index (χ0) is 17.9. The number of hydrogen-bond donors (Lipinski definition) is 1. The minimum Gasteiger partial charge on any atom is -0.356 e. The minimum absolute atomic E-state index is 0.125. The van der Waals surface area contributed by atoms with Crippen molar-refractivity contribution in [3.63, 3.8) is 0 Å². The lowest BCUT2D eigenvalue weighted by molar-refractivity contribution is -0.121. The average Bonchev–Trinajstić information content (AvgIpc) is 2.66. The highest BCUT2D eigenvalue weighted by atomic mass is 16.2. The first-order valence-electron chi connectivity index (χ1n) is 9.54. The number of unbranched alkanes of at least 4 members (excludes halogenated alkanes) is 2. The number of nitrogens with zero attached hydrogens (tertiary/aromatic N) is 2. The van der Waals surface area contributed by atoms with Gasteiger partial charge in [-0.05, 0) is 31.5 Å². The molecular weight excluding hydrogens is 314 g/mol. The fraction of sp³-hybridized carbons (Fsp3) is 0.600. The average molecular weight is 345 g/mol. The highest BCUT2D eigenvalue weighted by Gasteiger charge is 2.21. The maximum Gasteiger partial charge on any atom is 0.253 e. The second-order valence-corrected chi connectivity index (χ2v) is 6.66. The Morgan fingerprint density at radius 2 is 1.72 bits per heavy atom. The lowest BCUT2D eigenvalue weighted by Gasteiger charge is -2.34. The SMILES string of the molecule is CCCCCC(=O)NCCCN1CCN(C(=O)c2ccccc2)CC1. The van der Waals surface area contributed by atoms with Crippen molar-refractivity contribution < 1.29 is 9.59 Å². The second kappa shape index (κ2) is 10.9. The highest BCUT2D eigenvalue weighted by Crippen LogP contribution is 2.09. The number of amides is 2. The molecule has 0 aromatic heterocycles. The van der Waals surface area contributed by atoms with Crippen molar-refractivity contribution in [2.24, 2.45) is 0 Å². The zero-order valence-electron chi connectivity index (χ0n) is 15.4. The van der Waals surface area contributed by atoms with Crippen molar-refractivity contribution in [2.75, 3.05) is 39.3 Å². The van der Waals surface area contributed by atoms with Crippen molar-refractivity contribution in [1.29, 1.82) is 0 Å². The summed E-state index contributed by atoms with van der Waals surface area (Å²) in [5.41, 5.74) is 0.765. The van der Waals surface area contributed by atoms with Gasteiger partial charge in [-0.1, -0.05) is 38.0 Å². The molecule has 1 aliphatic heterocycles. The molecule has 1 aromatic rings. The van der Waals surface area contributed by atoms with Crippen molar-refractivity contribution in [3.05, 3.63) is 35.9 Å². The van der Waals surface area contributed by atoms with E-state index in [2.05, 4.69) is 17.1 Å². The molecule has 0 saturated carbocycles. The Labute approximate surface area is 151 Å². The maximum atomic E-state index is 12.4. The van der Waals surface area contributed by atoms with Crippen LogP contribution in [0.4, 0.5) is 0 Å². The van der Waals surface area contributed by atoms with E-state index in [1.807, 2.05) is 35.2 Å². The molecule has 2 amide bonds. The molecule has 0 bridgehead atoms.